The molecule has 0 spiro atoms. The maximum absolute atomic E-state index is 11.4. The number of carbonyl (C=O) groups excluding carboxylic acids is 1. The summed E-state index contributed by atoms with van der Waals surface area (Å²) in [6, 6.07) is 9.74. The Hall–Kier alpha value is -2.07. The van der Waals surface area contributed by atoms with Crippen LogP contribution in [0.5, 0.6) is 5.75 Å². The summed E-state index contributed by atoms with van der Waals surface area (Å²) in [6.07, 6.45) is 0. The van der Waals surface area contributed by atoms with E-state index < -0.39 is 12.0 Å². The third-order valence-corrected chi connectivity index (χ3v) is 2.71. The van der Waals surface area contributed by atoms with Gasteiger partial charge in [0.05, 0.1) is 7.11 Å². The van der Waals surface area contributed by atoms with Crippen LogP contribution in [0.1, 0.15) is 11.6 Å². The van der Waals surface area contributed by atoms with Crippen LogP contribution in [0.25, 0.3) is 10.8 Å². The molecule has 1 atom stereocenters. The van der Waals surface area contributed by atoms with E-state index >= 15 is 0 Å². The number of hydrogen-bond donors (Lipinski definition) is 2. The molecule has 3 N–H and O–H groups in total. The van der Waals surface area contributed by atoms with Gasteiger partial charge in [-0.3, -0.25) is 4.79 Å². The van der Waals surface area contributed by atoms with Gasteiger partial charge in [-0.2, -0.15) is 0 Å². The zero-order valence-corrected chi connectivity index (χ0v) is 9.38. The summed E-state index contributed by atoms with van der Waals surface area (Å²) in [5.41, 5.74) is 6.18. The maximum atomic E-state index is 11.4. The molecule has 0 aliphatic heterocycles. The van der Waals surface area contributed by atoms with E-state index in [4.69, 9.17) is 5.73 Å². The lowest BCUT2D eigenvalue weighted by Gasteiger charge is -2.14. The van der Waals surface area contributed by atoms with Gasteiger partial charge in [0.1, 0.15) is 11.8 Å². The molecule has 0 aliphatic rings. The van der Waals surface area contributed by atoms with Crippen molar-refractivity contribution in [3.8, 4) is 5.75 Å². The molecule has 0 amide bonds. The molecule has 0 heterocycles. The van der Waals surface area contributed by atoms with Crippen molar-refractivity contribution in [3.63, 3.8) is 0 Å². The molecule has 2 rings (SSSR count). The van der Waals surface area contributed by atoms with E-state index in [-0.39, 0.29) is 5.75 Å². The lowest BCUT2D eigenvalue weighted by Crippen LogP contribution is -2.22. The average Bonchev–Trinajstić information content (AvgIpc) is 2.37. The molecule has 0 bridgehead atoms. The molecule has 2 aromatic carbocycles. The normalized spacial score (nSPS) is 12.4. The summed E-state index contributed by atoms with van der Waals surface area (Å²) in [4.78, 5) is 11.4. The SMILES string of the molecule is COC(=O)[C@@H](N)c1c(O)ccc2ccccc12. The molecule has 4 heteroatoms. The first-order valence-electron chi connectivity index (χ1n) is 5.19. The minimum Gasteiger partial charge on any atom is -0.508 e. The van der Waals surface area contributed by atoms with Crippen molar-refractivity contribution >= 4 is 16.7 Å². The number of nitrogens with two attached hydrogens (primary N) is 1. The largest absolute Gasteiger partial charge is 0.508 e. The zero-order chi connectivity index (χ0) is 12.4. The number of fused-ring (bicyclic) bond motifs is 1. The van der Waals surface area contributed by atoms with Gasteiger partial charge >= 0.3 is 5.97 Å². The standard InChI is InChI=1S/C13H13NO3/c1-17-13(16)12(14)11-9-5-3-2-4-8(9)6-7-10(11)15/h2-7,12,15H,14H2,1H3/t12-/m0/s1. The highest BCUT2D eigenvalue weighted by atomic mass is 16.5. The summed E-state index contributed by atoms with van der Waals surface area (Å²) in [7, 11) is 1.27. The number of esters is 1. The van der Waals surface area contributed by atoms with E-state index in [9.17, 15) is 9.90 Å². The Bertz CT molecular complexity index is 566. The fourth-order valence-electron chi connectivity index (χ4n) is 1.86. The van der Waals surface area contributed by atoms with Gasteiger partial charge < -0.3 is 15.6 Å². The maximum Gasteiger partial charge on any atom is 0.327 e. The number of phenolic OH excluding ortho intramolecular Hbond substituents is 1. The van der Waals surface area contributed by atoms with E-state index in [1.54, 1.807) is 6.07 Å². The number of phenols is 1. The van der Waals surface area contributed by atoms with Crippen LogP contribution in [-0.2, 0) is 9.53 Å². The second kappa shape index (κ2) is 4.43. The Morgan fingerprint density at radius 3 is 2.71 bits per heavy atom. The zero-order valence-electron chi connectivity index (χ0n) is 9.38. The van der Waals surface area contributed by atoms with Crippen LogP contribution in [0.2, 0.25) is 0 Å². The third-order valence-electron chi connectivity index (χ3n) is 2.71. The molecular weight excluding hydrogens is 218 g/mol. The van der Waals surface area contributed by atoms with Gasteiger partial charge in [-0.25, -0.2) is 0 Å². The smallest absolute Gasteiger partial charge is 0.327 e. The van der Waals surface area contributed by atoms with E-state index in [2.05, 4.69) is 4.74 Å². The van der Waals surface area contributed by atoms with Crippen LogP contribution in [-0.4, -0.2) is 18.2 Å². The van der Waals surface area contributed by atoms with Gasteiger partial charge in [-0.1, -0.05) is 30.3 Å². The average molecular weight is 231 g/mol. The quantitative estimate of drug-likeness (QED) is 0.772. The summed E-state index contributed by atoms with van der Waals surface area (Å²) in [5.74, 6) is -0.571. The molecule has 0 aliphatic carbocycles. The van der Waals surface area contributed by atoms with Gasteiger partial charge in [-0.15, -0.1) is 0 Å². The first-order chi connectivity index (χ1) is 8.15. The van der Waals surface area contributed by atoms with Crippen LogP contribution in [0.3, 0.4) is 0 Å². The number of benzene rings is 2. The van der Waals surface area contributed by atoms with Crippen molar-refractivity contribution in [1.82, 2.24) is 0 Å². The van der Waals surface area contributed by atoms with Crippen molar-refractivity contribution in [2.24, 2.45) is 5.73 Å². The topological polar surface area (TPSA) is 72.5 Å². The molecule has 88 valence electrons. The lowest BCUT2D eigenvalue weighted by atomic mass is 9.98. The van der Waals surface area contributed by atoms with Crippen LogP contribution >= 0.6 is 0 Å². The second-order valence-corrected chi connectivity index (χ2v) is 3.72. The Morgan fingerprint density at radius 2 is 2.00 bits per heavy atom. The monoisotopic (exact) mass is 231 g/mol. The van der Waals surface area contributed by atoms with E-state index in [1.807, 2.05) is 24.3 Å². The summed E-state index contributed by atoms with van der Waals surface area (Å²) in [6.45, 7) is 0. The first kappa shape index (κ1) is 11.4. The number of ether oxygens (including phenoxy) is 1. The summed E-state index contributed by atoms with van der Waals surface area (Å²) < 4.78 is 4.60. The first-order valence-corrected chi connectivity index (χ1v) is 5.19. The van der Waals surface area contributed by atoms with Crippen molar-refractivity contribution < 1.29 is 14.6 Å². The Kier molecular flexibility index (Phi) is 2.97. The van der Waals surface area contributed by atoms with Crippen molar-refractivity contribution in [2.45, 2.75) is 6.04 Å². The van der Waals surface area contributed by atoms with Crippen molar-refractivity contribution in [2.75, 3.05) is 7.11 Å². The predicted molar refractivity (Wildman–Crippen MR) is 64.6 cm³/mol. The number of rotatable bonds is 2. The number of carbonyl (C=O) groups is 1. The second-order valence-electron chi connectivity index (χ2n) is 3.72. The van der Waals surface area contributed by atoms with Gasteiger partial charge in [0.25, 0.3) is 0 Å². The molecule has 4 nitrogen and oxygen atoms in total. The fourth-order valence-corrected chi connectivity index (χ4v) is 1.86. The Balaban J connectivity index is 2.66. The molecular formula is C13H13NO3. The van der Waals surface area contributed by atoms with Gasteiger partial charge in [0.15, 0.2) is 0 Å². The molecule has 0 radical (unpaired) electrons. The minimum atomic E-state index is -0.980. The molecule has 0 aromatic heterocycles. The molecule has 0 unspecified atom stereocenters. The van der Waals surface area contributed by atoms with Crippen molar-refractivity contribution in [1.29, 1.82) is 0 Å². The fraction of sp³-hybridized carbons (Fsp3) is 0.154. The van der Waals surface area contributed by atoms with E-state index in [0.717, 1.165) is 10.8 Å². The predicted octanol–water partition coefficient (Wildman–Crippen LogP) is 1.72. The van der Waals surface area contributed by atoms with E-state index in [1.165, 1.54) is 13.2 Å². The molecule has 2 aromatic rings. The highest BCUT2D eigenvalue weighted by Crippen LogP contribution is 2.31. The van der Waals surface area contributed by atoms with Crippen LogP contribution in [0.4, 0.5) is 0 Å². The van der Waals surface area contributed by atoms with Crippen molar-refractivity contribution in [3.05, 3.63) is 42.0 Å². The van der Waals surface area contributed by atoms with Gasteiger partial charge in [0, 0.05) is 5.56 Å². The Morgan fingerprint density at radius 1 is 1.29 bits per heavy atom. The molecule has 0 saturated heterocycles. The van der Waals surface area contributed by atoms with Gasteiger partial charge in [-0.05, 0) is 16.8 Å². The molecule has 0 saturated carbocycles. The summed E-state index contributed by atoms with van der Waals surface area (Å²) in [5, 5.41) is 11.5. The third kappa shape index (κ3) is 1.94. The number of aromatic hydroxyl groups is 1. The molecule has 0 fully saturated rings. The minimum absolute atomic E-state index is 0.00148. The van der Waals surface area contributed by atoms with Crippen LogP contribution in [0, 0.1) is 0 Å². The highest BCUT2D eigenvalue weighted by molar-refractivity contribution is 5.92. The van der Waals surface area contributed by atoms with Crippen LogP contribution in [0.15, 0.2) is 36.4 Å². The number of hydrogen-bond acceptors (Lipinski definition) is 4. The summed E-state index contributed by atoms with van der Waals surface area (Å²) >= 11 is 0. The van der Waals surface area contributed by atoms with Gasteiger partial charge in [0.2, 0.25) is 0 Å². The lowest BCUT2D eigenvalue weighted by molar-refractivity contribution is -0.142. The highest BCUT2D eigenvalue weighted by Gasteiger charge is 2.21. The number of methoxy groups -OCH3 is 1. The van der Waals surface area contributed by atoms with E-state index in [0.29, 0.717) is 5.56 Å². The van der Waals surface area contributed by atoms with Crippen LogP contribution < -0.4 is 5.73 Å². The molecule has 17 heavy (non-hydrogen) atoms. The Labute approximate surface area is 98.6 Å².